The highest BCUT2D eigenvalue weighted by Crippen LogP contribution is 2.39. The number of nitrogens with one attached hydrogen (secondary N) is 2. The van der Waals surface area contributed by atoms with Crippen LogP contribution < -0.4 is 21.1 Å². The maximum absolute atomic E-state index is 6.84. The van der Waals surface area contributed by atoms with Crippen LogP contribution in [-0.4, -0.2) is 52.3 Å². The Morgan fingerprint density at radius 2 is 2.12 bits per heavy atom. The van der Waals surface area contributed by atoms with E-state index in [1.54, 1.807) is 19.7 Å². The van der Waals surface area contributed by atoms with Gasteiger partial charge in [-0.3, -0.25) is 5.73 Å². The summed E-state index contributed by atoms with van der Waals surface area (Å²) in [5, 5.41) is 15.3. The second kappa shape index (κ2) is 9.03. The van der Waals surface area contributed by atoms with Gasteiger partial charge < -0.3 is 24.7 Å². The summed E-state index contributed by atoms with van der Waals surface area (Å²) in [6.45, 7) is 6.29. The van der Waals surface area contributed by atoms with Crippen LogP contribution >= 0.6 is 0 Å². The molecule has 0 spiro atoms. The highest BCUT2D eigenvalue weighted by molar-refractivity contribution is 5.94. The van der Waals surface area contributed by atoms with E-state index in [1.165, 1.54) is 0 Å². The van der Waals surface area contributed by atoms with Crippen molar-refractivity contribution in [2.75, 3.05) is 31.0 Å². The summed E-state index contributed by atoms with van der Waals surface area (Å²) < 4.78 is 13.2. The van der Waals surface area contributed by atoms with Crippen LogP contribution in [0.5, 0.6) is 5.75 Å². The number of aromatic nitrogens is 4. The average Bonchev–Trinajstić information content (AvgIpc) is 3.34. The molecule has 10 heteroatoms. The topological polar surface area (TPSA) is 125 Å². The molecule has 5 rings (SSSR count). The second-order valence-corrected chi connectivity index (χ2v) is 8.61. The first-order chi connectivity index (χ1) is 16.5. The summed E-state index contributed by atoms with van der Waals surface area (Å²) in [6.07, 6.45) is 5.39. The maximum Gasteiger partial charge on any atom is 0.212 e. The SMILES string of the molecule is CCn1cnnc1-c1ccc(C2(N)N=Cc3cc(C)nc(NC4CCOCC4)c3N2)c(OC)c1. The van der Waals surface area contributed by atoms with Gasteiger partial charge in [-0.1, -0.05) is 6.07 Å². The van der Waals surface area contributed by atoms with E-state index in [4.69, 9.17) is 20.2 Å². The van der Waals surface area contributed by atoms with Crippen LogP contribution in [0.25, 0.3) is 11.4 Å². The van der Waals surface area contributed by atoms with Crippen LogP contribution in [-0.2, 0) is 17.1 Å². The summed E-state index contributed by atoms with van der Waals surface area (Å²) in [7, 11) is 1.63. The number of methoxy groups -OCH3 is 1. The molecular weight excluding hydrogens is 432 g/mol. The van der Waals surface area contributed by atoms with Gasteiger partial charge in [0.05, 0.1) is 18.4 Å². The normalized spacial score (nSPS) is 20.0. The molecule has 3 aromatic rings. The van der Waals surface area contributed by atoms with E-state index in [-0.39, 0.29) is 0 Å². The van der Waals surface area contributed by atoms with E-state index in [1.807, 2.05) is 42.7 Å². The smallest absolute Gasteiger partial charge is 0.212 e. The number of aliphatic imine (C=N–C) groups is 1. The zero-order valence-electron chi connectivity index (χ0n) is 19.7. The molecule has 2 aliphatic rings. The average molecular weight is 463 g/mol. The maximum atomic E-state index is 6.84. The van der Waals surface area contributed by atoms with Crippen LogP contribution in [0.3, 0.4) is 0 Å². The largest absolute Gasteiger partial charge is 0.496 e. The molecule has 0 amide bonds. The number of nitrogens with zero attached hydrogens (tertiary/aromatic N) is 5. The van der Waals surface area contributed by atoms with Crippen molar-refractivity contribution < 1.29 is 9.47 Å². The molecule has 10 nitrogen and oxygen atoms in total. The van der Waals surface area contributed by atoms with Crippen molar-refractivity contribution in [3.05, 3.63) is 47.4 Å². The van der Waals surface area contributed by atoms with Crippen molar-refractivity contribution in [3.8, 4) is 17.1 Å². The van der Waals surface area contributed by atoms with Gasteiger partial charge >= 0.3 is 0 Å². The second-order valence-electron chi connectivity index (χ2n) is 8.61. The predicted octanol–water partition coefficient (Wildman–Crippen LogP) is 2.88. The van der Waals surface area contributed by atoms with Crippen molar-refractivity contribution in [2.45, 2.75) is 45.1 Å². The van der Waals surface area contributed by atoms with Crippen LogP contribution in [0.15, 0.2) is 35.6 Å². The molecule has 0 bridgehead atoms. The Morgan fingerprint density at radius 3 is 2.88 bits per heavy atom. The number of benzene rings is 1. The molecular formula is C24H30N8O2. The quantitative estimate of drug-likeness (QED) is 0.511. The molecule has 2 aromatic heterocycles. The van der Waals surface area contributed by atoms with Gasteiger partial charge in [0.2, 0.25) is 5.79 Å². The molecule has 0 aliphatic carbocycles. The third kappa shape index (κ3) is 4.10. The van der Waals surface area contributed by atoms with E-state index in [0.717, 1.165) is 66.8 Å². The van der Waals surface area contributed by atoms with Gasteiger partial charge in [0.25, 0.3) is 0 Å². The fourth-order valence-corrected chi connectivity index (χ4v) is 4.46. The van der Waals surface area contributed by atoms with Crippen molar-refractivity contribution in [1.29, 1.82) is 0 Å². The standard InChI is InChI=1S/C24H30N8O2/c1-4-32-14-27-31-23(32)16-5-6-19(20(12-16)33-3)24(25)26-13-17-11-15(2)28-22(21(17)30-24)29-18-7-9-34-10-8-18/h5-6,11-14,18,30H,4,7-10,25H2,1-3H3,(H,28,29). The lowest BCUT2D eigenvalue weighted by Gasteiger charge is -2.34. The third-order valence-electron chi connectivity index (χ3n) is 6.29. The van der Waals surface area contributed by atoms with Crippen LogP contribution in [0.1, 0.15) is 36.6 Å². The first-order valence-corrected chi connectivity index (χ1v) is 11.6. The van der Waals surface area contributed by atoms with Crippen molar-refractivity contribution in [1.82, 2.24) is 19.7 Å². The fourth-order valence-electron chi connectivity index (χ4n) is 4.46. The third-order valence-corrected chi connectivity index (χ3v) is 6.29. The monoisotopic (exact) mass is 462 g/mol. The number of hydrogen-bond acceptors (Lipinski definition) is 9. The van der Waals surface area contributed by atoms with E-state index in [9.17, 15) is 0 Å². The zero-order chi connectivity index (χ0) is 23.7. The number of nitrogens with two attached hydrogens (primary N) is 1. The van der Waals surface area contributed by atoms with E-state index in [2.05, 4.69) is 25.8 Å². The van der Waals surface area contributed by atoms with E-state index in [0.29, 0.717) is 17.4 Å². The van der Waals surface area contributed by atoms with Crippen LogP contribution in [0.2, 0.25) is 0 Å². The first-order valence-electron chi connectivity index (χ1n) is 11.6. The van der Waals surface area contributed by atoms with Crippen molar-refractivity contribution in [3.63, 3.8) is 0 Å². The minimum Gasteiger partial charge on any atom is -0.496 e. The molecule has 1 saturated heterocycles. The van der Waals surface area contributed by atoms with Crippen LogP contribution in [0.4, 0.5) is 11.5 Å². The number of ether oxygens (including phenoxy) is 2. The number of rotatable bonds is 6. The first kappa shape index (κ1) is 22.3. The Kier molecular flexibility index (Phi) is 5.93. The lowest BCUT2D eigenvalue weighted by atomic mass is 10.0. The summed E-state index contributed by atoms with van der Waals surface area (Å²) in [4.78, 5) is 9.46. The highest BCUT2D eigenvalue weighted by atomic mass is 16.5. The van der Waals surface area contributed by atoms with Gasteiger partial charge in [-0.15, -0.1) is 10.2 Å². The lowest BCUT2D eigenvalue weighted by molar-refractivity contribution is 0.0904. The minimum absolute atomic E-state index is 0.296. The van der Waals surface area contributed by atoms with Gasteiger partial charge in [-0.25, -0.2) is 9.98 Å². The molecule has 4 heterocycles. The number of pyridine rings is 1. The molecule has 1 fully saturated rings. The Bertz CT molecular complexity index is 1220. The van der Waals surface area contributed by atoms with Crippen molar-refractivity contribution >= 4 is 17.7 Å². The molecule has 178 valence electrons. The molecule has 2 aliphatic heterocycles. The lowest BCUT2D eigenvalue weighted by Crippen LogP contribution is -2.45. The predicted molar refractivity (Wildman–Crippen MR) is 131 cm³/mol. The highest BCUT2D eigenvalue weighted by Gasteiger charge is 2.35. The van der Waals surface area contributed by atoms with Gasteiger partial charge in [0.15, 0.2) is 11.6 Å². The summed E-state index contributed by atoms with van der Waals surface area (Å²) in [5.41, 5.74) is 11.1. The van der Waals surface area contributed by atoms with Gasteiger partial charge in [-0.2, -0.15) is 0 Å². The minimum atomic E-state index is -1.22. The van der Waals surface area contributed by atoms with Crippen molar-refractivity contribution in [2.24, 2.45) is 10.7 Å². The number of hydrogen-bond donors (Lipinski definition) is 3. The number of anilines is 2. The number of aryl methyl sites for hydroxylation is 2. The van der Waals surface area contributed by atoms with Gasteiger partial charge in [-0.05, 0) is 44.9 Å². The molecule has 34 heavy (non-hydrogen) atoms. The molecule has 1 atom stereocenters. The Balaban J connectivity index is 1.50. The summed E-state index contributed by atoms with van der Waals surface area (Å²) >= 11 is 0. The van der Waals surface area contributed by atoms with E-state index < -0.39 is 5.79 Å². The molecule has 0 saturated carbocycles. The Morgan fingerprint density at radius 1 is 1.29 bits per heavy atom. The van der Waals surface area contributed by atoms with Gasteiger partial charge in [0, 0.05) is 48.8 Å². The summed E-state index contributed by atoms with van der Waals surface area (Å²) in [5.74, 6) is 0.928. The van der Waals surface area contributed by atoms with Crippen LogP contribution in [0, 0.1) is 6.92 Å². The Hall–Kier alpha value is -3.50. The molecule has 0 radical (unpaired) electrons. The van der Waals surface area contributed by atoms with E-state index >= 15 is 0 Å². The molecule has 1 aromatic carbocycles. The molecule has 4 N–H and O–H groups in total. The fraction of sp³-hybridized carbons (Fsp3) is 0.417. The van der Waals surface area contributed by atoms with Gasteiger partial charge in [0.1, 0.15) is 12.1 Å². The number of fused-ring (bicyclic) bond motifs is 1. The summed E-state index contributed by atoms with van der Waals surface area (Å²) in [6, 6.07) is 8.10. The Labute approximate surface area is 198 Å². The zero-order valence-corrected chi connectivity index (χ0v) is 19.7. The molecule has 1 unspecified atom stereocenters.